The van der Waals surface area contributed by atoms with Crippen molar-refractivity contribution in [3.8, 4) is 11.3 Å². The number of ether oxygens (including phenoxy) is 1. The van der Waals surface area contributed by atoms with Gasteiger partial charge >= 0.3 is 5.97 Å². The Hall–Kier alpha value is -2.37. The fraction of sp³-hybridized carbons (Fsp3) is 0.250. The van der Waals surface area contributed by atoms with Crippen LogP contribution < -0.4 is 0 Å². The van der Waals surface area contributed by atoms with Gasteiger partial charge in [0.1, 0.15) is 16.3 Å². The van der Waals surface area contributed by atoms with Gasteiger partial charge in [0.15, 0.2) is 0 Å². The summed E-state index contributed by atoms with van der Waals surface area (Å²) in [7, 11) is 0. The van der Waals surface area contributed by atoms with E-state index in [4.69, 9.17) is 4.74 Å². The molecule has 3 rings (SSSR count). The molecule has 25 heavy (non-hydrogen) atoms. The van der Waals surface area contributed by atoms with E-state index >= 15 is 0 Å². The lowest BCUT2D eigenvalue weighted by atomic mass is 10.0. The van der Waals surface area contributed by atoms with E-state index in [0.29, 0.717) is 11.3 Å². The van der Waals surface area contributed by atoms with Gasteiger partial charge in [-0.05, 0) is 49.6 Å². The first-order valence-corrected chi connectivity index (χ1v) is 8.97. The molecule has 2 heterocycles. The molecular weight excluding hydrogens is 334 g/mol. The van der Waals surface area contributed by atoms with Gasteiger partial charge in [0.05, 0.1) is 5.69 Å². The number of aliphatic hydroxyl groups is 1. The number of aromatic amines is 1. The summed E-state index contributed by atoms with van der Waals surface area (Å²) < 4.78 is 5.11. The number of benzene rings is 1. The lowest BCUT2D eigenvalue weighted by Crippen LogP contribution is -2.02. The molecule has 0 bridgehead atoms. The van der Waals surface area contributed by atoms with E-state index in [1.165, 1.54) is 22.5 Å². The highest BCUT2D eigenvalue weighted by molar-refractivity contribution is 7.20. The smallest absolute Gasteiger partial charge is 0.348 e. The van der Waals surface area contributed by atoms with E-state index < -0.39 is 0 Å². The third-order valence-corrected chi connectivity index (χ3v) is 5.03. The molecule has 0 aliphatic rings. The molecule has 0 atom stereocenters. The monoisotopic (exact) mass is 355 g/mol. The van der Waals surface area contributed by atoms with Crippen molar-refractivity contribution >= 4 is 27.5 Å². The molecule has 130 valence electrons. The quantitative estimate of drug-likeness (QED) is 0.509. The Morgan fingerprint density at radius 3 is 2.64 bits per heavy atom. The first-order chi connectivity index (χ1) is 12.0. The Morgan fingerprint density at radius 2 is 2.00 bits per heavy atom. The van der Waals surface area contributed by atoms with Crippen LogP contribution in [0.15, 0.2) is 36.9 Å². The van der Waals surface area contributed by atoms with Crippen molar-refractivity contribution in [1.29, 1.82) is 0 Å². The Balaban J connectivity index is 2.08. The fourth-order valence-electron chi connectivity index (χ4n) is 3.07. The van der Waals surface area contributed by atoms with Gasteiger partial charge in [0.25, 0.3) is 0 Å². The van der Waals surface area contributed by atoms with Gasteiger partial charge < -0.3 is 14.8 Å². The van der Waals surface area contributed by atoms with Gasteiger partial charge in [-0.2, -0.15) is 0 Å². The van der Waals surface area contributed by atoms with E-state index in [2.05, 4.69) is 43.6 Å². The van der Waals surface area contributed by atoms with Crippen molar-refractivity contribution in [2.24, 2.45) is 0 Å². The molecule has 1 aromatic carbocycles. The highest BCUT2D eigenvalue weighted by Gasteiger charge is 2.19. The average molecular weight is 355 g/mol. The van der Waals surface area contributed by atoms with Crippen LogP contribution in [0.25, 0.3) is 21.5 Å². The summed E-state index contributed by atoms with van der Waals surface area (Å²) in [6.07, 6.45) is 2.08. The molecule has 0 saturated heterocycles. The fourth-order valence-corrected chi connectivity index (χ4v) is 4.06. The molecule has 0 radical (unpaired) electrons. The first-order valence-electron chi connectivity index (χ1n) is 8.15. The van der Waals surface area contributed by atoms with E-state index in [1.807, 2.05) is 6.07 Å². The summed E-state index contributed by atoms with van der Waals surface area (Å²) in [4.78, 5) is 17.0. The zero-order valence-electron chi connectivity index (χ0n) is 14.4. The molecule has 0 aliphatic heterocycles. The number of carbonyl (C=O) groups excluding carboxylic acids is 1. The van der Waals surface area contributed by atoms with Crippen LogP contribution in [0.4, 0.5) is 0 Å². The number of fused-ring (bicyclic) bond motifs is 1. The summed E-state index contributed by atoms with van der Waals surface area (Å²) in [6.45, 7) is 7.94. The van der Waals surface area contributed by atoms with Gasteiger partial charge in [0, 0.05) is 12.0 Å². The molecule has 0 amide bonds. The highest BCUT2D eigenvalue weighted by Crippen LogP contribution is 2.36. The molecule has 0 fully saturated rings. The number of hydrogen-bond acceptors (Lipinski definition) is 4. The number of esters is 1. The zero-order valence-corrected chi connectivity index (χ0v) is 15.2. The first kappa shape index (κ1) is 17.5. The molecule has 0 unspecified atom stereocenters. The van der Waals surface area contributed by atoms with Crippen LogP contribution in [0.1, 0.15) is 26.4 Å². The predicted molar refractivity (Wildman–Crippen MR) is 102 cm³/mol. The van der Waals surface area contributed by atoms with Crippen LogP contribution in [0, 0.1) is 13.8 Å². The number of aromatic nitrogens is 1. The number of hydrogen-bond donors (Lipinski definition) is 2. The molecule has 0 aliphatic carbocycles. The van der Waals surface area contributed by atoms with Crippen LogP contribution in [-0.4, -0.2) is 29.3 Å². The maximum absolute atomic E-state index is 12.1. The van der Waals surface area contributed by atoms with Crippen LogP contribution in [0.5, 0.6) is 0 Å². The average Bonchev–Trinajstić information content (AvgIpc) is 3.11. The van der Waals surface area contributed by atoms with Crippen molar-refractivity contribution in [2.75, 3.05) is 13.2 Å². The predicted octanol–water partition coefficient (Wildman–Crippen LogP) is 4.39. The number of aliphatic hydroxyl groups excluding tert-OH is 1. The van der Waals surface area contributed by atoms with Gasteiger partial charge in [-0.3, -0.25) is 0 Å². The topological polar surface area (TPSA) is 62.3 Å². The Labute approximate surface area is 150 Å². The minimum Gasteiger partial charge on any atom is -0.457 e. The lowest BCUT2D eigenvalue weighted by Gasteiger charge is -2.07. The second-order valence-electron chi connectivity index (χ2n) is 6.07. The van der Waals surface area contributed by atoms with E-state index in [9.17, 15) is 9.90 Å². The summed E-state index contributed by atoms with van der Waals surface area (Å²) in [5.74, 6) is -0.350. The minimum atomic E-state index is -0.350. The maximum atomic E-state index is 12.1. The SMILES string of the molecule is C=CCOC(=O)c1cc2c(CCO)c(-c3cc(C)cc(C)c3)[nH]c2s1. The van der Waals surface area contributed by atoms with E-state index in [-0.39, 0.29) is 19.2 Å². The molecule has 0 spiro atoms. The summed E-state index contributed by atoms with van der Waals surface area (Å²) in [5.41, 5.74) is 5.52. The van der Waals surface area contributed by atoms with E-state index in [0.717, 1.165) is 27.0 Å². The van der Waals surface area contributed by atoms with Gasteiger partial charge in [-0.15, -0.1) is 11.3 Å². The summed E-state index contributed by atoms with van der Waals surface area (Å²) in [5, 5.41) is 10.5. The number of rotatable bonds is 6. The minimum absolute atomic E-state index is 0.0524. The van der Waals surface area contributed by atoms with Crippen molar-refractivity contribution in [2.45, 2.75) is 20.3 Å². The van der Waals surface area contributed by atoms with Crippen LogP contribution >= 0.6 is 11.3 Å². The van der Waals surface area contributed by atoms with Gasteiger partial charge in [-0.1, -0.05) is 29.8 Å². The molecule has 2 aromatic heterocycles. The normalized spacial score (nSPS) is 11.0. The number of nitrogens with one attached hydrogen (secondary N) is 1. The Kier molecular flexibility index (Phi) is 5.06. The van der Waals surface area contributed by atoms with Crippen molar-refractivity contribution in [1.82, 2.24) is 4.98 Å². The molecule has 0 saturated carbocycles. The molecule has 5 heteroatoms. The van der Waals surface area contributed by atoms with E-state index in [1.54, 1.807) is 6.08 Å². The molecule has 2 N–H and O–H groups in total. The van der Waals surface area contributed by atoms with Crippen molar-refractivity contribution < 1.29 is 14.6 Å². The zero-order chi connectivity index (χ0) is 18.0. The molecule has 3 aromatic rings. The standard InChI is InChI=1S/C20H21NO3S/c1-4-7-24-20(23)17-11-16-15(5-6-22)18(21-19(16)25-17)14-9-12(2)8-13(3)10-14/h4,8-11,21-22H,1,5-7H2,2-3H3. The number of thiophene rings is 1. The van der Waals surface area contributed by atoms with Gasteiger partial charge in [-0.25, -0.2) is 4.79 Å². The van der Waals surface area contributed by atoms with Crippen LogP contribution in [-0.2, 0) is 11.2 Å². The van der Waals surface area contributed by atoms with Crippen molar-refractivity contribution in [3.05, 3.63) is 58.5 Å². The summed E-state index contributed by atoms with van der Waals surface area (Å²) in [6, 6.07) is 8.23. The third-order valence-electron chi connectivity index (χ3n) is 4.00. The highest BCUT2D eigenvalue weighted by atomic mass is 32.1. The van der Waals surface area contributed by atoms with Gasteiger partial charge in [0.2, 0.25) is 0 Å². The number of aryl methyl sites for hydroxylation is 2. The summed E-state index contributed by atoms with van der Waals surface area (Å²) >= 11 is 1.37. The van der Waals surface area contributed by atoms with Crippen LogP contribution in [0.2, 0.25) is 0 Å². The Morgan fingerprint density at radius 1 is 1.28 bits per heavy atom. The molecular formula is C20H21NO3S. The maximum Gasteiger partial charge on any atom is 0.348 e. The Bertz CT molecular complexity index is 916. The lowest BCUT2D eigenvalue weighted by molar-refractivity contribution is 0.0555. The van der Waals surface area contributed by atoms with Crippen LogP contribution in [0.3, 0.4) is 0 Å². The second kappa shape index (κ2) is 7.25. The largest absolute Gasteiger partial charge is 0.457 e. The second-order valence-corrected chi connectivity index (χ2v) is 7.12. The third kappa shape index (κ3) is 3.52. The van der Waals surface area contributed by atoms with Crippen molar-refractivity contribution in [3.63, 3.8) is 0 Å². The molecule has 4 nitrogen and oxygen atoms in total. The number of carbonyl (C=O) groups is 1. The number of H-pyrrole nitrogens is 1.